The lowest BCUT2D eigenvalue weighted by Gasteiger charge is -2.37. The first kappa shape index (κ1) is 18.4. The van der Waals surface area contributed by atoms with E-state index in [-0.39, 0.29) is 35.5 Å². The summed E-state index contributed by atoms with van der Waals surface area (Å²) < 4.78 is 1.80. The molecule has 1 saturated heterocycles. The second kappa shape index (κ2) is 7.13. The van der Waals surface area contributed by atoms with Crippen molar-refractivity contribution in [2.24, 2.45) is 28.8 Å². The molecular formula is C24H20N4O2S. The van der Waals surface area contributed by atoms with Crippen LogP contribution >= 0.6 is 11.3 Å². The highest BCUT2D eigenvalue weighted by Gasteiger charge is 2.56. The maximum atomic E-state index is 13.0. The molecule has 31 heavy (non-hydrogen) atoms. The maximum absolute atomic E-state index is 13.0. The van der Waals surface area contributed by atoms with E-state index in [0.717, 1.165) is 39.7 Å². The number of fused-ring (bicyclic) bond motifs is 1. The fourth-order valence-corrected chi connectivity index (χ4v) is 5.82. The highest BCUT2D eigenvalue weighted by atomic mass is 32.1. The first-order chi connectivity index (χ1) is 15.2. The smallest absolute Gasteiger partial charge is 0.254 e. The van der Waals surface area contributed by atoms with Gasteiger partial charge in [-0.05, 0) is 48.3 Å². The van der Waals surface area contributed by atoms with Gasteiger partial charge in [0.15, 0.2) is 0 Å². The van der Waals surface area contributed by atoms with Crippen LogP contribution in [0, 0.1) is 23.7 Å². The highest BCUT2D eigenvalue weighted by molar-refractivity contribution is 7.13. The summed E-state index contributed by atoms with van der Waals surface area (Å²) in [5.41, 5.74) is 2.48. The maximum Gasteiger partial charge on any atom is 0.254 e. The van der Waals surface area contributed by atoms with E-state index in [9.17, 15) is 9.59 Å². The number of imide groups is 1. The molecule has 2 amide bonds. The average Bonchev–Trinajstić information content (AvgIpc) is 3.54. The molecule has 1 aliphatic heterocycles. The Balaban J connectivity index is 1.36. The highest BCUT2D eigenvalue weighted by Crippen LogP contribution is 2.49. The van der Waals surface area contributed by atoms with Crippen LogP contribution in [0.1, 0.15) is 18.4 Å². The van der Waals surface area contributed by atoms with Crippen molar-refractivity contribution in [3.8, 4) is 16.3 Å². The van der Waals surface area contributed by atoms with Crippen molar-refractivity contribution in [1.29, 1.82) is 0 Å². The number of carbonyl (C=O) groups is 2. The molecule has 3 heterocycles. The van der Waals surface area contributed by atoms with Crippen LogP contribution in [0.5, 0.6) is 0 Å². The molecule has 3 aliphatic carbocycles. The summed E-state index contributed by atoms with van der Waals surface area (Å²) >= 11 is 1.59. The number of amides is 2. The van der Waals surface area contributed by atoms with Crippen molar-refractivity contribution in [2.75, 3.05) is 0 Å². The van der Waals surface area contributed by atoms with Gasteiger partial charge in [0, 0.05) is 11.8 Å². The fraction of sp³-hybridized carbons (Fsp3) is 0.250. The molecule has 1 aromatic carbocycles. The molecule has 0 N–H and O–H groups in total. The van der Waals surface area contributed by atoms with Crippen molar-refractivity contribution in [3.05, 3.63) is 71.8 Å². The molecular weight excluding hydrogens is 408 g/mol. The van der Waals surface area contributed by atoms with Gasteiger partial charge in [0.05, 0.1) is 28.6 Å². The third-order valence-electron chi connectivity index (χ3n) is 6.57. The largest absolute Gasteiger partial charge is 0.272 e. The van der Waals surface area contributed by atoms with Gasteiger partial charge in [-0.3, -0.25) is 9.59 Å². The van der Waals surface area contributed by atoms with Crippen molar-refractivity contribution in [3.63, 3.8) is 0 Å². The van der Waals surface area contributed by atoms with Gasteiger partial charge < -0.3 is 0 Å². The summed E-state index contributed by atoms with van der Waals surface area (Å²) in [6.07, 6.45) is 9.68. The lowest BCUT2D eigenvalue weighted by atomic mass is 9.63. The topological polar surface area (TPSA) is 67.6 Å². The minimum absolute atomic E-state index is 0.161. The van der Waals surface area contributed by atoms with Gasteiger partial charge in [0.25, 0.3) is 11.8 Å². The zero-order valence-corrected chi connectivity index (χ0v) is 17.5. The Morgan fingerprint density at radius 2 is 1.68 bits per heavy atom. The van der Waals surface area contributed by atoms with E-state index in [1.54, 1.807) is 22.2 Å². The molecule has 6 nitrogen and oxygen atoms in total. The molecule has 2 aromatic heterocycles. The number of thiophene rings is 1. The van der Waals surface area contributed by atoms with Gasteiger partial charge in [0.2, 0.25) is 0 Å². The number of aromatic nitrogens is 2. The van der Waals surface area contributed by atoms with Crippen LogP contribution < -0.4 is 0 Å². The second-order valence-electron chi connectivity index (χ2n) is 8.26. The number of nitrogens with zero attached hydrogens (tertiary/aromatic N) is 4. The quantitative estimate of drug-likeness (QED) is 0.356. The summed E-state index contributed by atoms with van der Waals surface area (Å²) in [6, 6.07) is 13.8. The zero-order chi connectivity index (χ0) is 20.9. The third kappa shape index (κ3) is 2.91. The Labute approximate surface area is 183 Å². The molecule has 2 bridgehead atoms. The number of para-hydroxylation sites is 1. The Hall–Kier alpha value is -3.32. The van der Waals surface area contributed by atoms with Gasteiger partial charge in [0.1, 0.15) is 5.69 Å². The molecule has 7 heteroatoms. The molecule has 154 valence electrons. The standard InChI is InChI=1S/C24H20N4O2S/c29-23-20-15-8-9-16(11-10-15)21(20)24(30)28(23)25-13-17-14-27(18-5-2-1-3-6-18)26-22(17)19-7-4-12-31-19/h1-9,12-16,20-21H,10-11H2/b25-13-/t15-,16-,20-,21+/m1/s1. The molecule has 1 saturated carbocycles. The number of allylic oxidation sites excluding steroid dienone is 2. The van der Waals surface area contributed by atoms with Crippen LogP contribution in [-0.4, -0.2) is 32.8 Å². The van der Waals surface area contributed by atoms with Crippen LogP contribution in [0.25, 0.3) is 16.3 Å². The molecule has 3 aromatic rings. The third-order valence-corrected chi connectivity index (χ3v) is 7.44. The number of rotatable bonds is 4. The van der Waals surface area contributed by atoms with Gasteiger partial charge in [-0.15, -0.1) is 11.3 Å². The average molecular weight is 429 g/mol. The summed E-state index contributed by atoms with van der Waals surface area (Å²) in [6.45, 7) is 0. The molecule has 0 spiro atoms. The lowest BCUT2D eigenvalue weighted by Crippen LogP contribution is -2.38. The molecule has 0 unspecified atom stereocenters. The van der Waals surface area contributed by atoms with E-state index in [2.05, 4.69) is 17.3 Å². The van der Waals surface area contributed by atoms with Gasteiger partial charge in [-0.2, -0.15) is 15.2 Å². The normalized spacial score (nSPS) is 26.9. The first-order valence-corrected chi connectivity index (χ1v) is 11.4. The predicted molar refractivity (Wildman–Crippen MR) is 119 cm³/mol. The van der Waals surface area contributed by atoms with Crippen molar-refractivity contribution in [1.82, 2.24) is 14.8 Å². The van der Waals surface area contributed by atoms with Crippen LogP contribution in [0.15, 0.2) is 71.3 Å². The Morgan fingerprint density at radius 3 is 2.29 bits per heavy atom. The molecule has 0 radical (unpaired) electrons. The zero-order valence-electron chi connectivity index (χ0n) is 16.7. The van der Waals surface area contributed by atoms with Crippen molar-refractivity contribution >= 4 is 29.4 Å². The summed E-state index contributed by atoms with van der Waals surface area (Å²) in [5, 5.41) is 12.2. The van der Waals surface area contributed by atoms with Gasteiger partial charge >= 0.3 is 0 Å². The Kier molecular flexibility index (Phi) is 4.24. The van der Waals surface area contributed by atoms with Gasteiger partial charge in [-0.25, -0.2) is 4.68 Å². The predicted octanol–water partition coefficient (Wildman–Crippen LogP) is 4.13. The van der Waals surface area contributed by atoms with Crippen LogP contribution in [0.4, 0.5) is 0 Å². The van der Waals surface area contributed by atoms with Gasteiger partial charge in [-0.1, -0.05) is 36.4 Å². The number of hydrogen-bond donors (Lipinski definition) is 0. The van der Waals surface area contributed by atoms with Crippen LogP contribution in [0.3, 0.4) is 0 Å². The molecule has 4 atom stereocenters. The van der Waals surface area contributed by atoms with E-state index in [4.69, 9.17) is 5.10 Å². The molecule has 2 fully saturated rings. The molecule has 4 aliphatic rings. The van der Waals surface area contributed by atoms with Crippen LogP contribution in [0.2, 0.25) is 0 Å². The molecule has 7 rings (SSSR count). The van der Waals surface area contributed by atoms with E-state index in [1.165, 1.54) is 0 Å². The summed E-state index contributed by atoms with van der Waals surface area (Å²) in [4.78, 5) is 27.1. The summed E-state index contributed by atoms with van der Waals surface area (Å²) in [5.74, 6) is -0.519. The Morgan fingerprint density at radius 1 is 0.968 bits per heavy atom. The minimum Gasteiger partial charge on any atom is -0.272 e. The number of carbonyl (C=O) groups excluding carboxylic acids is 2. The monoisotopic (exact) mass is 428 g/mol. The Bertz CT molecular complexity index is 1180. The van der Waals surface area contributed by atoms with Crippen molar-refractivity contribution < 1.29 is 9.59 Å². The van der Waals surface area contributed by atoms with E-state index < -0.39 is 0 Å². The first-order valence-electron chi connectivity index (χ1n) is 10.5. The number of hydrazone groups is 1. The fourth-order valence-electron chi connectivity index (χ4n) is 5.09. The number of benzene rings is 1. The van der Waals surface area contributed by atoms with Crippen LogP contribution in [-0.2, 0) is 9.59 Å². The van der Waals surface area contributed by atoms with E-state index >= 15 is 0 Å². The number of hydrogen-bond acceptors (Lipinski definition) is 5. The minimum atomic E-state index is -0.253. The van der Waals surface area contributed by atoms with E-state index in [1.807, 2.05) is 54.0 Å². The van der Waals surface area contributed by atoms with E-state index in [0.29, 0.717) is 0 Å². The SMILES string of the molecule is O=C1[C@@H]2[C@H](C(=O)N1/N=C\c1cn(-c3ccccc3)nc1-c1cccs1)[C@@H]1C=C[C@@H]2CC1. The summed E-state index contributed by atoms with van der Waals surface area (Å²) in [7, 11) is 0. The second-order valence-corrected chi connectivity index (χ2v) is 9.21. The lowest BCUT2D eigenvalue weighted by molar-refractivity contribution is -0.140. The van der Waals surface area contributed by atoms with Crippen molar-refractivity contribution in [2.45, 2.75) is 12.8 Å².